The minimum atomic E-state index is -0.0242. The fraction of sp³-hybridized carbons (Fsp3) is 0.458. The van der Waals surface area contributed by atoms with E-state index in [9.17, 15) is 4.79 Å². The van der Waals surface area contributed by atoms with Crippen LogP contribution in [-0.4, -0.2) is 49.8 Å². The predicted octanol–water partition coefficient (Wildman–Crippen LogP) is 3.39. The average molecular weight is 413 g/mol. The van der Waals surface area contributed by atoms with Gasteiger partial charge in [0.25, 0.3) is 0 Å². The number of nitrogens with one attached hydrogen (secondary N) is 1. The second-order valence-corrected chi connectivity index (χ2v) is 7.82. The van der Waals surface area contributed by atoms with Crippen LogP contribution in [0, 0.1) is 0 Å². The standard InChI is InChI=1S/C24H32N2O4/c1-18-15-26(16-19(2)30-18)17-21-6-4-20(5-7-21)14-25-24(27)12-13-29-23-10-8-22(28-3)9-11-23/h4-11,18-19H,12-17H2,1-3H3,(H,25,27)/t18-,19+. The first kappa shape index (κ1) is 22.1. The Morgan fingerprint density at radius 1 is 1.00 bits per heavy atom. The molecule has 1 N–H and O–H groups in total. The van der Waals surface area contributed by atoms with Crippen molar-refractivity contribution in [3.63, 3.8) is 0 Å². The number of benzene rings is 2. The maximum atomic E-state index is 12.1. The summed E-state index contributed by atoms with van der Waals surface area (Å²) in [7, 11) is 1.62. The van der Waals surface area contributed by atoms with E-state index in [1.807, 2.05) is 24.3 Å². The summed E-state index contributed by atoms with van der Waals surface area (Å²) >= 11 is 0. The van der Waals surface area contributed by atoms with Gasteiger partial charge < -0.3 is 19.5 Å². The molecule has 1 aliphatic rings. The van der Waals surface area contributed by atoms with Crippen molar-refractivity contribution < 1.29 is 19.0 Å². The van der Waals surface area contributed by atoms with Gasteiger partial charge in [0.15, 0.2) is 0 Å². The Labute approximate surface area is 179 Å². The van der Waals surface area contributed by atoms with E-state index in [-0.39, 0.29) is 18.1 Å². The molecule has 2 atom stereocenters. The maximum Gasteiger partial charge on any atom is 0.223 e. The molecule has 0 aliphatic carbocycles. The number of methoxy groups -OCH3 is 1. The normalized spacial score (nSPS) is 19.3. The van der Waals surface area contributed by atoms with E-state index < -0.39 is 0 Å². The van der Waals surface area contributed by atoms with Crippen molar-refractivity contribution in [1.82, 2.24) is 10.2 Å². The smallest absolute Gasteiger partial charge is 0.223 e. The highest BCUT2D eigenvalue weighted by atomic mass is 16.5. The van der Waals surface area contributed by atoms with Crippen molar-refractivity contribution in [2.75, 3.05) is 26.8 Å². The molecule has 0 aromatic heterocycles. The number of carbonyl (C=O) groups is 1. The summed E-state index contributed by atoms with van der Waals surface area (Å²) in [5.41, 5.74) is 2.37. The molecule has 0 unspecified atom stereocenters. The topological polar surface area (TPSA) is 60.0 Å². The molecule has 1 aliphatic heterocycles. The van der Waals surface area contributed by atoms with Crippen LogP contribution in [0.4, 0.5) is 0 Å². The molecule has 1 amide bonds. The number of carbonyl (C=O) groups excluding carboxylic acids is 1. The van der Waals surface area contributed by atoms with Crippen LogP contribution in [0.15, 0.2) is 48.5 Å². The molecule has 2 aromatic rings. The molecule has 2 aromatic carbocycles. The molecule has 6 nitrogen and oxygen atoms in total. The zero-order chi connectivity index (χ0) is 21.3. The van der Waals surface area contributed by atoms with Crippen LogP contribution >= 0.6 is 0 Å². The van der Waals surface area contributed by atoms with Crippen molar-refractivity contribution in [1.29, 1.82) is 0 Å². The number of rotatable bonds is 9. The van der Waals surface area contributed by atoms with Gasteiger partial charge in [-0.2, -0.15) is 0 Å². The molecule has 3 rings (SSSR count). The van der Waals surface area contributed by atoms with E-state index in [0.29, 0.717) is 19.6 Å². The maximum absolute atomic E-state index is 12.1. The Balaban J connectivity index is 1.36. The third kappa shape index (κ3) is 7.04. The molecular weight excluding hydrogens is 380 g/mol. The first-order chi connectivity index (χ1) is 14.5. The minimum absolute atomic E-state index is 0.0242. The Morgan fingerprint density at radius 2 is 1.60 bits per heavy atom. The van der Waals surface area contributed by atoms with Crippen molar-refractivity contribution in [2.45, 2.75) is 45.6 Å². The van der Waals surface area contributed by atoms with E-state index in [1.54, 1.807) is 7.11 Å². The van der Waals surface area contributed by atoms with Crippen LogP contribution in [0.25, 0.3) is 0 Å². The van der Waals surface area contributed by atoms with Gasteiger partial charge in [-0.05, 0) is 49.2 Å². The summed E-state index contributed by atoms with van der Waals surface area (Å²) in [6.07, 6.45) is 0.867. The Morgan fingerprint density at radius 3 is 2.23 bits per heavy atom. The van der Waals surface area contributed by atoms with Crippen molar-refractivity contribution in [3.8, 4) is 11.5 Å². The third-order valence-corrected chi connectivity index (χ3v) is 5.07. The fourth-order valence-electron chi connectivity index (χ4n) is 3.66. The van der Waals surface area contributed by atoms with Crippen LogP contribution in [0.3, 0.4) is 0 Å². The van der Waals surface area contributed by atoms with E-state index in [2.05, 4.69) is 48.3 Å². The van der Waals surface area contributed by atoms with Crippen LogP contribution in [-0.2, 0) is 22.6 Å². The average Bonchev–Trinajstić information content (AvgIpc) is 2.73. The Hall–Kier alpha value is -2.57. The number of morpholine rings is 1. The molecule has 0 bridgehead atoms. The number of amides is 1. The lowest BCUT2D eigenvalue weighted by Crippen LogP contribution is -2.44. The molecule has 1 fully saturated rings. The van der Waals surface area contributed by atoms with E-state index >= 15 is 0 Å². The molecule has 1 saturated heterocycles. The molecule has 1 heterocycles. The summed E-state index contributed by atoms with van der Waals surface area (Å²) < 4.78 is 16.5. The zero-order valence-electron chi connectivity index (χ0n) is 18.1. The lowest BCUT2D eigenvalue weighted by Gasteiger charge is -2.35. The van der Waals surface area contributed by atoms with Crippen molar-refractivity contribution >= 4 is 5.91 Å². The van der Waals surface area contributed by atoms with Gasteiger partial charge in [0.05, 0.1) is 32.3 Å². The van der Waals surface area contributed by atoms with Crippen molar-refractivity contribution in [2.24, 2.45) is 0 Å². The van der Waals surface area contributed by atoms with Crippen LogP contribution in [0.1, 0.15) is 31.4 Å². The quantitative estimate of drug-likeness (QED) is 0.684. The number of hydrogen-bond donors (Lipinski definition) is 1. The first-order valence-corrected chi connectivity index (χ1v) is 10.5. The molecule has 162 valence electrons. The fourth-order valence-corrected chi connectivity index (χ4v) is 3.66. The monoisotopic (exact) mass is 412 g/mol. The van der Waals surface area contributed by atoms with Gasteiger partial charge in [0.2, 0.25) is 5.91 Å². The lowest BCUT2D eigenvalue weighted by molar-refractivity contribution is -0.121. The SMILES string of the molecule is COc1ccc(OCCC(=O)NCc2ccc(CN3C[C@@H](C)O[C@@H](C)C3)cc2)cc1. The molecule has 6 heteroatoms. The number of ether oxygens (including phenoxy) is 3. The van der Waals surface area contributed by atoms with E-state index in [1.165, 1.54) is 5.56 Å². The highest BCUT2D eigenvalue weighted by Gasteiger charge is 2.21. The van der Waals surface area contributed by atoms with Crippen LogP contribution in [0.2, 0.25) is 0 Å². The second kappa shape index (κ2) is 11.0. The summed E-state index contributed by atoms with van der Waals surface area (Å²) in [5.74, 6) is 1.48. The highest BCUT2D eigenvalue weighted by molar-refractivity contribution is 5.76. The van der Waals surface area contributed by atoms with Gasteiger partial charge in [-0.3, -0.25) is 9.69 Å². The van der Waals surface area contributed by atoms with Crippen LogP contribution < -0.4 is 14.8 Å². The summed E-state index contributed by atoms with van der Waals surface area (Å²) in [5, 5.41) is 2.95. The molecule has 0 spiro atoms. The summed E-state index contributed by atoms with van der Waals surface area (Å²) in [6.45, 7) is 7.95. The number of nitrogens with zero attached hydrogens (tertiary/aromatic N) is 1. The van der Waals surface area contributed by atoms with Crippen LogP contribution in [0.5, 0.6) is 11.5 Å². The first-order valence-electron chi connectivity index (χ1n) is 10.5. The summed E-state index contributed by atoms with van der Waals surface area (Å²) in [4.78, 5) is 14.5. The highest BCUT2D eigenvalue weighted by Crippen LogP contribution is 2.17. The Bertz CT molecular complexity index is 782. The molecular formula is C24H32N2O4. The zero-order valence-corrected chi connectivity index (χ0v) is 18.1. The van der Waals surface area contributed by atoms with E-state index in [4.69, 9.17) is 14.2 Å². The third-order valence-electron chi connectivity index (χ3n) is 5.07. The van der Waals surface area contributed by atoms with Gasteiger partial charge >= 0.3 is 0 Å². The van der Waals surface area contributed by atoms with Gasteiger partial charge in [0, 0.05) is 26.2 Å². The Kier molecular flexibility index (Phi) is 8.11. The molecule has 0 saturated carbocycles. The van der Waals surface area contributed by atoms with E-state index in [0.717, 1.165) is 36.7 Å². The predicted molar refractivity (Wildman–Crippen MR) is 117 cm³/mol. The lowest BCUT2D eigenvalue weighted by atomic mass is 10.1. The minimum Gasteiger partial charge on any atom is -0.497 e. The molecule has 30 heavy (non-hydrogen) atoms. The second-order valence-electron chi connectivity index (χ2n) is 7.82. The van der Waals surface area contributed by atoms with Gasteiger partial charge in [-0.1, -0.05) is 24.3 Å². The molecule has 0 radical (unpaired) electrons. The van der Waals surface area contributed by atoms with Gasteiger partial charge in [-0.15, -0.1) is 0 Å². The largest absolute Gasteiger partial charge is 0.497 e. The number of hydrogen-bond acceptors (Lipinski definition) is 5. The van der Waals surface area contributed by atoms with Crippen molar-refractivity contribution in [3.05, 3.63) is 59.7 Å². The summed E-state index contributed by atoms with van der Waals surface area (Å²) in [6, 6.07) is 15.8. The van der Waals surface area contributed by atoms with Gasteiger partial charge in [0.1, 0.15) is 11.5 Å². The van der Waals surface area contributed by atoms with Gasteiger partial charge in [-0.25, -0.2) is 0 Å².